The first kappa shape index (κ1) is 14.4. The highest BCUT2D eigenvalue weighted by molar-refractivity contribution is 9.10. The van der Waals surface area contributed by atoms with Crippen LogP contribution < -0.4 is 5.32 Å². The zero-order valence-electron chi connectivity index (χ0n) is 11.1. The SMILES string of the molecule is CCc1nn(CC)c(CNC2(CCl)CCC2)c1Br. The lowest BCUT2D eigenvalue weighted by Crippen LogP contribution is -2.52. The van der Waals surface area contributed by atoms with Crippen molar-refractivity contribution < 1.29 is 0 Å². The van der Waals surface area contributed by atoms with Crippen LogP contribution >= 0.6 is 27.5 Å². The van der Waals surface area contributed by atoms with E-state index in [4.69, 9.17) is 11.6 Å². The number of aryl methyl sites for hydroxylation is 2. The van der Waals surface area contributed by atoms with Crippen molar-refractivity contribution in [3.8, 4) is 0 Å². The fraction of sp³-hybridized carbons (Fsp3) is 0.769. The summed E-state index contributed by atoms with van der Waals surface area (Å²) >= 11 is 9.75. The molecule has 1 N–H and O–H groups in total. The van der Waals surface area contributed by atoms with Crippen molar-refractivity contribution in [2.45, 2.75) is 58.2 Å². The van der Waals surface area contributed by atoms with Crippen LogP contribution in [0.5, 0.6) is 0 Å². The predicted octanol–water partition coefficient (Wildman–Crippen LogP) is 3.48. The first-order valence-corrected chi connectivity index (χ1v) is 8.03. The Labute approximate surface area is 122 Å². The Hall–Kier alpha value is -0.0600. The molecule has 5 heteroatoms. The van der Waals surface area contributed by atoms with Crippen LogP contribution in [0.3, 0.4) is 0 Å². The van der Waals surface area contributed by atoms with Gasteiger partial charge in [0.1, 0.15) is 0 Å². The predicted molar refractivity (Wildman–Crippen MR) is 79.1 cm³/mol. The summed E-state index contributed by atoms with van der Waals surface area (Å²) in [6.45, 7) is 6.01. The van der Waals surface area contributed by atoms with E-state index >= 15 is 0 Å². The second kappa shape index (κ2) is 5.93. The number of hydrogen-bond acceptors (Lipinski definition) is 2. The minimum Gasteiger partial charge on any atom is -0.304 e. The van der Waals surface area contributed by atoms with Gasteiger partial charge in [-0.2, -0.15) is 5.10 Å². The summed E-state index contributed by atoms with van der Waals surface area (Å²) in [5, 5.41) is 8.24. The molecular weight excluding hydrogens is 314 g/mol. The van der Waals surface area contributed by atoms with Gasteiger partial charge in [0.2, 0.25) is 0 Å². The maximum atomic E-state index is 6.08. The molecule has 0 amide bonds. The van der Waals surface area contributed by atoms with Crippen molar-refractivity contribution in [1.82, 2.24) is 15.1 Å². The maximum Gasteiger partial charge on any atom is 0.0767 e. The van der Waals surface area contributed by atoms with Gasteiger partial charge in [0, 0.05) is 24.5 Å². The molecule has 1 aliphatic carbocycles. The second-order valence-electron chi connectivity index (χ2n) is 5.00. The lowest BCUT2D eigenvalue weighted by molar-refractivity contribution is 0.209. The molecule has 18 heavy (non-hydrogen) atoms. The molecule has 0 aliphatic heterocycles. The maximum absolute atomic E-state index is 6.08. The molecule has 0 atom stereocenters. The highest BCUT2D eigenvalue weighted by Crippen LogP contribution is 2.33. The monoisotopic (exact) mass is 333 g/mol. The average molecular weight is 335 g/mol. The van der Waals surface area contributed by atoms with Gasteiger partial charge in [0.15, 0.2) is 0 Å². The van der Waals surface area contributed by atoms with Gasteiger partial charge in [0.25, 0.3) is 0 Å². The Bertz CT molecular complexity index is 407. The summed E-state index contributed by atoms with van der Waals surface area (Å²) in [5.74, 6) is 0.700. The van der Waals surface area contributed by atoms with Crippen LogP contribution in [0.4, 0.5) is 0 Å². The van der Waals surface area contributed by atoms with Crippen molar-refractivity contribution in [2.24, 2.45) is 0 Å². The summed E-state index contributed by atoms with van der Waals surface area (Å²) in [7, 11) is 0. The Balaban J connectivity index is 2.10. The molecule has 1 saturated carbocycles. The quantitative estimate of drug-likeness (QED) is 0.807. The van der Waals surface area contributed by atoms with E-state index in [2.05, 4.69) is 44.9 Å². The molecule has 1 aromatic rings. The van der Waals surface area contributed by atoms with Crippen LogP contribution in [-0.4, -0.2) is 21.2 Å². The Morgan fingerprint density at radius 1 is 1.44 bits per heavy atom. The molecule has 0 unspecified atom stereocenters. The van der Waals surface area contributed by atoms with Crippen LogP contribution in [0.25, 0.3) is 0 Å². The van der Waals surface area contributed by atoms with Gasteiger partial charge in [-0.25, -0.2) is 0 Å². The zero-order chi connectivity index (χ0) is 13.2. The van der Waals surface area contributed by atoms with Gasteiger partial charge in [-0.15, -0.1) is 11.6 Å². The number of rotatable bonds is 6. The molecular formula is C13H21BrClN3. The van der Waals surface area contributed by atoms with Gasteiger partial charge < -0.3 is 5.32 Å². The van der Waals surface area contributed by atoms with Crippen molar-refractivity contribution >= 4 is 27.5 Å². The standard InChI is InChI=1S/C13H21BrClN3/c1-3-10-12(14)11(18(4-2)17-10)8-16-13(9-15)6-5-7-13/h16H,3-9H2,1-2H3. The Kier molecular flexibility index (Phi) is 4.73. The molecule has 0 spiro atoms. The van der Waals surface area contributed by atoms with E-state index in [0.29, 0.717) is 5.88 Å². The molecule has 1 fully saturated rings. The third kappa shape index (κ3) is 2.61. The van der Waals surface area contributed by atoms with Crippen molar-refractivity contribution in [2.75, 3.05) is 5.88 Å². The fourth-order valence-corrected chi connectivity index (χ4v) is 3.48. The molecule has 102 valence electrons. The Morgan fingerprint density at radius 3 is 2.61 bits per heavy atom. The lowest BCUT2D eigenvalue weighted by Gasteiger charge is -2.41. The van der Waals surface area contributed by atoms with Gasteiger partial charge >= 0.3 is 0 Å². The van der Waals surface area contributed by atoms with Crippen LogP contribution in [0, 0.1) is 0 Å². The number of aromatic nitrogens is 2. The minimum atomic E-state index is 0.163. The number of hydrogen-bond donors (Lipinski definition) is 1. The molecule has 1 aromatic heterocycles. The van der Waals surface area contributed by atoms with E-state index in [0.717, 1.165) is 29.7 Å². The van der Waals surface area contributed by atoms with Gasteiger partial charge in [-0.05, 0) is 48.5 Å². The second-order valence-corrected chi connectivity index (χ2v) is 6.06. The molecule has 1 aliphatic rings. The molecule has 0 saturated heterocycles. The van der Waals surface area contributed by atoms with Crippen LogP contribution in [0.15, 0.2) is 4.47 Å². The van der Waals surface area contributed by atoms with Crippen LogP contribution in [-0.2, 0) is 19.5 Å². The topological polar surface area (TPSA) is 29.9 Å². The summed E-state index contributed by atoms with van der Waals surface area (Å²) in [5.41, 5.74) is 2.55. The normalized spacial score (nSPS) is 17.8. The summed E-state index contributed by atoms with van der Waals surface area (Å²) in [4.78, 5) is 0. The molecule has 0 aromatic carbocycles. The summed E-state index contributed by atoms with van der Waals surface area (Å²) in [6.07, 6.45) is 4.62. The van der Waals surface area contributed by atoms with E-state index in [1.807, 2.05) is 0 Å². The largest absolute Gasteiger partial charge is 0.304 e. The third-order valence-corrected chi connectivity index (χ3v) is 5.32. The molecule has 1 heterocycles. The highest BCUT2D eigenvalue weighted by atomic mass is 79.9. The fourth-order valence-electron chi connectivity index (χ4n) is 2.42. The Morgan fingerprint density at radius 2 is 2.17 bits per heavy atom. The van der Waals surface area contributed by atoms with E-state index in [-0.39, 0.29) is 5.54 Å². The van der Waals surface area contributed by atoms with Crippen molar-refractivity contribution in [3.05, 3.63) is 15.9 Å². The first-order chi connectivity index (χ1) is 8.65. The number of halogens is 2. The van der Waals surface area contributed by atoms with Crippen molar-refractivity contribution in [1.29, 1.82) is 0 Å². The molecule has 0 radical (unpaired) electrons. The molecule has 2 rings (SSSR count). The van der Waals surface area contributed by atoms with Gasteiger partial charge in [-0.3, -0.25) is 4.68 Å². The average Bonchev–Trinajstić information content (AvgIpc) is 2.65. The summed E-state index contributed by atoms with van der Waals surface area (Å²) < 4.78 is 3.24. The number of nitrogens with one attached hydrogen (secondary N) is 1. The summed E-state index contributed by atoms with van der Waals surface area (Å²) in [6, 6.07) is 0. The van der Waals surface area contributed by atoms with Crippen LogP contribution in [0.2, 0.25) is 0 Å². The van der Waals surface area contributed by atoms with Gasteiger partial charge in [-0.1, -0.05) is 6.92 Å². The molecule has 0 bridgehead atoms. The zero-order valence-corrected chi connectivity index (χ0v) is 13.4. The third-order valence-electron chi connectivity index (χ3n) is 3.89. The van der Waals surface area contributed by atoms with E-state index < -0.39 is 0 Å². The first-order valence-electron chi connectivity index (χ1n) is 6.71. The highest BCUT2D eigenvalue weighted by Gasteiger charge is 2.35. The molecule has 3 nitrogen and oxygen atoms in total. The smallest absolute Gasteiger partial charge is 0.0767 e. The lowest BCUT2D eigenvalue weighted by atomic mass is 9.78. The van der Waals surface area contributed by atoms with E-state index in [1.54, 1.807) is 0 Å². The van der Waals surface area contributed by atoms with Crippen molar-refractivity contribution in [3.63, 3.8) is 0 Å². The number of alkyl halides is 1. The van der Waals surface area contributed by atoms with Gasteiger partial charge in [0.05, 0.1) is 15.9 Å². The number of nitrogens with zero attached hydrogens (tertiary/aromatic N) is 2. The van der Waals surface area contributed by atoms with Crippen LogP contribution in [0.1, 0.15) is 44.5 Å². The van der Waals surface area contributed by atoms with E-state index in [1.165, 1.54) is 25.0 Å². The van der Waals surface area contributed by atoms with E-state index in [9.17, 15) is 0 Å². The minimum absolute atomic E-state index is 0.163.